The van der Waals surface area contributed by atoms with Gasteiger partial charge in [-0.1, -0.05) is 18.2 Å². The maximum Gasteiger partial charge on any atom is 0.323 e. The fraction of sp³-hybridized carbons (Fsp3) is 0.462. The Kier molecular flexibility index (Phi) is 9.03. The first-order valence-corrected chi connectivity index (χ1v) is 11.8. The van der Waals surface area contributed by atoms with Crippen molar-refractivity contribution in [1.29, 1.82) is 0 Å². The number of nitrogens with one attached hydrogen (secondary N) is 1. The van der Waals surface area contributed by atoms with Crippen LogP contribution >= 0.6 is 0 Å². The largest absolute Gasteiger partial charge is 0.491 e. The van der Waals surface area contributed by atoms with E-state index in [4.69, 9.17) is 4.74 Å². The third-order valence-corrected chi connectivity index (χ3v) is 6.04. The Morgan fingerprint density at radius 1 is 1.11 bits per heavy atom. The Balaban J connectivity index is 1.69. The average Bonchev–Trinajstić information content (AvgIpc) is 2.97. The summed E-state index contributed by atoms with van der Waals surface area (Å²) in [5.74, 6) is -3.68. The van der Waals surface area contributed by atoms with Crippen molar-refractivity contribution in [2.75, 3.05) is 11.9 Å². The van der Waals surface area contributed by atoms with Crippen molar-refractivity contribution in [2.24, 2.45) is 5.92 Å². The minimum Gasteiger partial charge on any atom is -0.491 e. The highest BCUT2D eigenvalue weighted by Gasteiger charge is 2.32. The van der Waals surface area contributed by atoms with E-state index in [1.165, 1.54) is 12.1 Å². The van der Waals surface area contributed by atoms with E-state index in [0.29, 0.717) is 31.4 Å². The van der Waals surface area contributed by atoms with Crippen LogP contribution in [0.2, 0.25) is 0 Å². The number of aliphatic carboxylic acids is 1. The van der Waals surface area contributed by atoms with Gasteiger partial charge >= 0.3 is 5.97 Å². The van der Waals surface area contributed by atoms with Gasteiger partial charge in [-0.15, -0.1) is 0 Å². The fourth-order valence-electron chi connectivity index (χ4n) is 4.36. The summed E-state index contributed by atoms with van der Waals surface area (Å²) in [5, 5.41) is 23.3. The predicted octanol–water partition coefficient (Wildman–Crippen LogP) is 4.20. The van der Waals surface area contributed by atoms with Gasteiger partial charge in [0.25, 0.3) is 0 Å². The molecular weight excluding hydrogens is 458 g/mol. The van der Waals surface area contributed by atoms with E-state index in [-0.39, 0.29) is 24.3 Å². The average molecular weight is 491 g/mol. The zero-order valence-corrected chi connectivity index (χ0v) is 19.9. The molecule has 0 radical (unpaired) electrons. The molecule has 1 aliphatic rings. The van der Waals surface area contributed by atoms with E-state index in [0.717, 1.165) is 16.7 Å². The maximum atomic E-state index is 14.2. The zero-order chi connectivity index (χ0) is 25.5. The van der Waals surface area contributed by atoms with Gasteiger partial charge in [0.2, 0.25) is 5.91 Å². The van der Waals surface area contributed by atoms with Gasteiger partial charge in [-0.3, -0.25) is 9.59 Å². The standard InChI is InChI=1S/C26H32F2N2O5/c1-16(2)35-20-7-4-6-19(13-20)29-22-11-9-17(10-12-23(22)31)26(34)30(15-24(32)33)14-18-5-3-8-21(27)25(18)28/h3-8,13,16-17,22-23,29,31H,9-12,14-15H2,1-2H3,(H,32,33)/t17-,22+,23+/m1/s1. The van der Waals surface area contributed by atoms with Crippen LogP contribution in [0.15, 0.2) is 42.5 Å². The quantitative estimate of drug-likeness (QED) is 0.456. The molecular formula is C26H32F2N2O5. The van der Waals surface area contributed by atoms with Crippen LogP contribution in [0.4, 0.5) is 14.5 Å². The number of hydrogen-bond donors (Lipinski definition) is 3. The lowest BCUT2D eigenvalue weighted by atomic mass is 9.98. The third kappa shape index (κ3) is 7.39. The third-order valence-electron chi connectivity index (χ3n) is 6.04. The first kappa shape index (κ1) is 26.4. The van der Waals surface area contributed by atoms with Crippen molar-refractivity contribution in [3.8, 4) is 5.75 Å². The molecule has 1 saturated carbocycles. The van der Waals surface area contributed by atoms with Crippen LogP contribution in [0.25, 0.3) is 0 Å². The summed E-state index contributed by atoms with van der Waals surface area (Å²) in [6.45, 7) is 2.89. The van der Waals surface area contributed by atoms with Gasteiger partial charge in [0.15, 0.2) is 11.6 Å². The van der Waals surface area contributed by atoms with Crippen molar-refractivity contribution in [2.45, 2.75) is 64.3 Å². The molecule has 1 fully saturated rings. The number of hydrogen-bond acceptors (Lipinski definition) is 5. The lowest BCUT2D eigenvalue weighted by Crippen LogP contribution is -2.39. The molecule has 3 rings (SSSR count). The van der Waals surface area contributed by atoms with Crippen molar-refractivity contribution < 1.29 is 33.3 Å². The molecule has 0 heterocycles. The topological polar surface area (TPSA) is 99.1 Å². The van der Waals surface area contributed by atoms with Crippen molar-refractivity contribution in [3.63, 3.8) is 0 Å². The number of anilines is 1. The van der Waals surface area contributed by atoms with Gasteiger partial charge in [-0.25, -0.2) is 8.78 Å². The number of carbonyl (C=O) groups excluding carboxylic acids is 1. The zero-order valence-electron chi connectivity index (χ0n) is 19.9. The maximum absolute atomic E-state index is 14.2. The molecule has 0 aromatic heterocycles. The van der Waals surface area contributed by atoms with Crippen molar-refractivity contribution in [1.82, 2.24) is 4.90 Å². The highest BCUT2D eigenvalue weighted by Crippen LogP contribution is 2.29. The van der Waals surface area contributed by atoms with Crippen LogP contribution in [0.3, 0.4) is 0 Å². The molecule has 9 heteroatoms. The number of ether oxygens (including phenoxy) is 1. The van der Waals surface area contributed by atoms with E-state index >= 15 is 0 Å². The van der Waals surface area contributed by atoms with Crippen molar-refractivity contribution >= 4 is 17.6 Å². The van der Waals surface area contributed by atoms with Gasteiger partial charge in [0.05, 0.1) is 18.2 Å². The van der Waals surface area contributed by atoms with Crippen molar-refractivity contribution in [3.05, 3.63) is 59.7 Å². The lowest BCUT2D eigenvalue weighted by molar-refractivity contribution is -0.147. The molecule has 0 unspecified atom stereocenters. The minimum atomic E-state index is -1.24. The second kappa shape index (κ2) is 12.0. The number of amides is 1. The SMILES string of the molecule is CC(C)Oc1cccc(N[C@H]2CC[C@@H](C(=O)N(CC(=O)O)Cc3cccc(F)c3F)CC[C@@H]2O)c1. The second-order valence-corrected chi connectivity index (χ2v) is 9.17. The van der Waals surface area contributed by atoms with Gasteiger partial charge < -0.3 is 25.2 Å². The van der Waals surface area contributed by atoms with Gasteiger partial charge in [-0.2, -0.15) is 0 Å². The Morgan fingerprint density at radius 2 is 1.83 bits per heavy atom. The summed E-state index contributed by atoms with van der Waals surface area (Å²) in [5.41, 5.74) is 0.697. The first-order chi connectivity index (χ1) is 16.6. The number of carbonyl (C=O) groups is 2. The van der Waals surface area contributed by atoms with E-state index in [1.54, 1.807) is 0 Å². The normalized spacial score (nSPS) is 20.2. The minimum absolute atomic E-state index is 0.0232. The molecule has 3 N–H and O–H groups in total. The predicted molar refractivity (Wildman–Crippen MR) is 127 cm³/mol. The van der Waals surface area contributed by atoms with E-state index in [2.05, 4.69) is 5.32 Å². The molecule has 7 nitrogen and oxygen atoms in total. The number of carboxylic acid groups (broad SMARTS) is 1. The van der Waals surface area contributed by atoms with Gasteiger partial charge in [0, 0.05) is 29.8 Å². The van der Waals surface area contributed by atoms with Gasteiger partial charge in [-0.05, 0) is 57.7 Å². The number of aliphatic hydroxyl groups excluding tert-OH is 1. The Bertz CT molecular complexity index is 1030. The molecule has 0 spiro atoms. The first-order valence-electron chi connectivity index (χ1n) is 11.8. The smallest absolute Gasteiger partial charge is 0.323 e. The molecule has 35 heavy (non-hydrogen) atoms. The summed E-state index contributed by atoms with van der Waals surface area (Å²) in [6, 6.07) is 10.7. The summed E-state index contributed by atoms with van der Waals surface area (Å²) >= 11 is 0. The number of carboxylic acids is 1. The molecule has 2 aromatic carbocycles. The van der Waals surface area contributed by atoms with Crippen LogP contribution in [-0.2, 0) is 16.1 Å². The Hall–Kier alpha value is -3.20. The number of benzene rings is 2. The number of rotatable bonds is 9. The molecule has 190 valence electrons. The molecule has 2 aromatic rings. The molecule has 0 aliphatic heterocycles. The fourth-order valence-corrected chi connectivity index (χ4v) is 4.36. The van der Waals surface area contributed by atoms with E-state index in [1.807, 2.05) is 38.1 Å². The van der Waals surface area contributed by atoms with Gasteiger partial charge in [0.1, 0.15) is 12.3 Å². The number of nitrogens with zero attached hydrogens (tertiary/aromatic N) is 1. The Morgan fingerprint density at radius 3 is 2.54 bits per heavy atom. The molecule has 1 amide bonds. The molecule has 0 bridgehead atoms. The van der Waals surface area contributed by atoms with Crippen LogP contribution in [0, 0.1) is 17.6 Å². The monoisotopic (exact) mass is 490 g/mol. The van der Waals surface area contributed by atoms with Crippen LogP contribution in [0.5, 0.6) is 5.75 Å². The summed E-state index contributed by atoms with van der Waals surface area (Å²) in [6.07, 6.45) is 0.896. The van der Waals surface area contributed by atoms with E-state index < -0.39 is 42.1 Å². The van der Waals surface area contributed by atoms with Crippen LogP contribution in [0.1, 0.15) is 45.1 Å². The highest BCUT2D eigenvalue weighted by atomic mass is 19.2. The Labute approximate surface area is 203 Å². The number of aliphatic hydroxyl groups is 1. The summed E-state index contributed by atoms with van der Waals surface area (Å²) < 4.78 is 33.5. The van der Waals surface area contributed by atoms with E-state index in [9.17, 15) is 28.6 Å². The lowest BCUT2D eigenvalue weighted by Gasteiger charge is -2.26. The van der Waals surface area contributed by atoms with Crippen LogP contribution < -0.4 is 10.1 Å². The summed E-state index contributed by atoms with van der Waals surface area (Å²) in [4.78, 5) is 25.7. The molecule has 0 saturated heterocycles. The van der Waals surface area contributed by atoms with Crippen LogP contribution in [-0.4, -0.2) is 51.8 Å². The second-order valence-electron chi connectivity index (χ2n) is 9.17. The molecule has 1 aliphatic carbocycles. The molecule has 3 atom stereocenters. The highest BCUT2D eigenvalue weighted by molar-refractivity contribution is 5.83. The summed E-state index contributed by atoms with van der Waals surface area (Å²) in [7, 11) is 0. The number of halogens is 2.